The summed E-state index contributed by atoms with van der Waals surface area (Å²) in [6.45, 7) is 4.20. The van der Waals surface area contributed by atoms with E-state index in [9.17, 15) is 4.79 Å². The van der Waals surface area contributed by atoms with Gasteiger partial charge in [-0.1, -0.05) is 13.3 Å². The van der Waals surface area contributed by atoms with E-state index in [1.165, 1.54) is 19.3 Å². The van der Waals surface area contributed by atoms with Gasteiger partial charge in [0.25, 0.3) is 5.91 Å². The molecular weight excluding hydrogens is 226 g/mol. The third-order valence-electron chi connectivity index (χ3n) is 3.72. The first-order valence-electron chi connectivity index (χ1n) is 6.56. The van der Waals surface area contributed by atoms with Crippen LogP contribution in [0.3, 0.4) is 0 Å². The van der Waals surface area contributed by atoms with Crippen LogP contribution in [0.1, 0.15) is 36.5 Å². The van der Waals surface area contributed by atoms with Crippen LogP contribution in [0, 0.1) is 5.92 Å². The zero-order valence-corrected chi connectivity index (χ0v) is 10.9. The Bertz CT molecular complexity index is 445. The average molecular weight is 247 g/mol. The molecule has 1 aliphatic rings. The molecule has 1 fully saturated rings. The van der Waals surface area contributed by atoms with E-state index in [4.69, 9.17) is 11.5 Å². The number of nitrogens with two attached hydrogens (primary N) is 2. The molecule has 4 heteroatoms. The van der Waals surface area contributed by atoms with Gasteiger partial charge < -0.3 is 16.4 Å². The molecule has 0 spiro atoms. The maximum absolute atomic E-state index is 11.5. The first kappa shape index (κ1) is 12.7. The first-order chi connectivity index (χ1) is 8.61. The number of piperidine rings is 1. The second-order valence-electron chi connectivity index (χ2n) is 5.00. The van der Waals surface area contributed by atoms with Gasteiger partial charge in [0.15, 0.2) is 0 Å². The van der Waals surface area contributed by atoms with Crippen molar-refractivity contribution in [1.82, 2.24) is 0 Å². The zero-order valence-electron chi connectivity index (χ0n) is 10.9. The highest BCUT2D eigenvalue weighted by Crippen LogP contribution is 2.28. The van der Waals surface area contributed by atoms with Crippen LogP contribution < -0.4 is 16.4 Å². The molecule has 1 amide bonds. The van der Waals surface area contributed by atoms with Gasteiger partial charge in [0.05, 0.1) is 5.56 Å². The molecule has 1 atom stereocenters. The molecule has 1 unspecified atom stereocenters. The normalized spacial score (nSPS) is 19.8. The number of primary amides is 1. The number of carbonyl (C=O) groups excluding carboxylic acids is 1. The quantitative estimate of drug-likeness (QED) is 0.802. The number of amides is 1. The summed E-state index contributed by atoms with van der Waals surface area (Å²) in [6, 6.07) is 5.41. The van der Waals surface area contributed by atoms with Crippen LogP contribution in [-0.4, -0.2) is 19.0 Å². The van der Waals surface area contributed by atoms with Crippen molar-refractivity contribution in [2.45, 2.75) is 26.2 Å². The van der Waals surface area contributed by atoms with Crippen molar-refractivity contribution >= 4 is 17.3 Å². The second-order valence-corrected chi connectivity index (χ2v) is 5.00. The van der Waals surface area contributed by atoms with Gasteiger partial charge in [-0.25, -0.2) is 0 Å². The molecule has 1 aliphatic heterocycles. The standard InChI is InChI=1S/C14H21N3O/c1-2-10-4-3-7-17(9-10)13-6-5-11(15)8-12(13)14(16)18/h5-6,8,10H,2-4,7,9,15H2,1H3,(H2,16,18). The summed E-state index contributed by atoms with van der Waals surface area (Å²) in [7, 11) is 0. The SMILES string of the molecule is CCC1CCCN(c2ccc(N)cc2C(N)=O)C1. The van der Waals surface area contributed by atoms with E-state index in [0.717, 1.165) is 18.8 Å². The van der Waals surface area contributed by atoms with Crippen molar-refractivity contribution in [2.75, 3.05) is 23.7 Å². The van der Waals surface area contributed by atoms with Crippen LogP contribution in [-0.2, 0) is 0 Å². The van der Waals surface area contributed by atoms with Crippen molar-refractivity contribution < 1.29 is 4.79 Å². The maximum Gasteiger partial charge on any atom is 0.250 e. The number of anilines is 2. The molecule has 4 N–H and O–H groups in total. The van der Waals surface area contributed by atoms with E-state index >= 15 is 0 Å². The van der Waals surface area contributed by atoms with E-state index < -0.39 is 5.91 Å². The predicted molar refractivity (Wildman–Crippen MR) is 74.6 cm³/mol. The van der Waals surface area contributed by atoms with Crippen molar-refractivity contribution in [1.29, 1.82) is 0 Å². The minimum absolute atomic E-state index is 0.407. The minimum Gasteiger partial charge on any atom is -0.399 e. The summed E-state index contributed by atoms with van der Waals surface area (Å²) in [5, 5.41) is 0. The Morgan fingerprint density at radius 1 is 1.50 bits per heavy atom. The van der Waals surface area contributed by atoms with E-state index in [1.54, 1.807) is 6.07 Å². The van der Waals surface area contributed by atoms with Crippen molar-refractivity contribution in [3.63, 3.8) is 0 Å². The number of carbonyl (C=O) groups is 1. The molecule has 0 radical (unpaired) electrons. The Hall–Kier alpha value is -1.71. The maximum atomic E-state index is 11.5. The second kappa shape index (κ2) is 5.29. The molecule has 1 aromatic carbocycles. The summed E-state index contributed by atoms with van der Waals surface area (Å²) >= 11 is 0. The van der Waals surface area contributed by atoms with Crippen LogP contribution in [0.15, 0.2) is 18.2 Å². The average Bonchev–Trinajstić information content (AvgIpc) is 2.38. The molecule has 1 heterocycles. The largest absolute Gasteiger partial charge is 0.399 e. The monoisotopic (exact) mass is 247 g/mol. The molecular formula is C14H21N3O. The molecule has 0 aliphatic carbocycles. The van der Waals surface area contributed by atoms with Crippen LogP contribution in [0.2, 0.25) is 0 Å². The zero-order chi connectivity index (χ0) is 13.1. The lowest BCUT2D eigenvalue weighted by Crippen LogP contribution is -2.36. The van der Waals surface area contributed by atoms with E-state index in [1.807, 2.05) is 12.1 Å². The lowest BCUT2D eigenvalue weighted by atomic mass is 9.94. The Balaban J connectivity index is 2.29. The highest BCUT2D eigenvalue weighted by molar-refractivity contribution is 5.99. The summed E-state index contributed by atoms with van der Waals surface area (Å²) < 4.78 is 0. The van der Waals surface area contributed by atoms with Crippen LogP contribution in [0.25, 0.3) is 0 Å². The molecule has 1 aromatic rings. The van der Waals surface area contributed by atoms with Gasteiger partial charge in [-0.15, -0.1) is 0 Å². The minimum atomic E-state index is -0.407. The third-order valence-corrected chi connectivity index (χ3v) is 3.72. The van der Waals surface area contributed by atoms with Gasteiger partial charge in [-0.05, 0) is 37.0 Å². The van der Waals surface area contributed by atoms with Gasteiger partial charge in [-0.2, -0.15) is 0 Å². The summed E-state index contributed by atoms with van der Waals surface area (Å²) in [5.41, 5.74) is 13.2. The van der Waals surface area contributed by atoms with Crippen molar-refractivity contribution in [3.05, 3.63) is 23.8 Å². The lowest BCUT2D eigenvalue weighted by Gasteiger charge is -2.35. The first-order valence-corrected chi connectivity index (χ1v) is 6.56. The topological polar surface area (TPSA) is 72.3 Å². The van der Waals surface area contributed by atoms with Crippen molar-refractivity contribution in [2.24, 2.45) is 11.7 Å². The fourth-order valence-electron chi connectivity index (χ4n) is 2.64. The fraction of sp³-hybridized carbons (Fsp3) is 0.500. The molecule has 1 saturated heterocycles. The molecule has 0 bridgehead atoms. The van der Waals surface area contributed by atoms with Crippen LogP contribution in [0.4, 0.5) is 11.4 Å². The highest BCUT2D eigenvalue weighted by Gasteiger charge is 2.22. The van der Waals surface area contributed by atoms with E-state index in [-0.39, 0.29) is 0 Å². The molecule has 0 aromatic heterocycles. The summed E-state index contributed by atoms with van der Waals surface area (Å²) in [4.78, 5) is 13.8. The summed E-state index contributed by atoms with van der Waals surface area (Å²) in [5.74, 6) is 0.299. The van der Waals surface area contributed by atoms with E-state index in [0.29, 0.717) is 17.2 Å². The Kier molecular flexibility index (Phi) is 3.75. The predicted octanol–water partition coefficient (Wildman–Crippen LogP) is 1.99. The number of nitrogen functional groups attached to an aromatic ring is 1. The molecule has 2 rings (SSSR count). The number of hydrogen-bond donors (Lipinski definition) is 2. The Morgan fingerprint density at radius 2 is 2.28 bits per heavy atom. The molecule has 0 saturated carbocycles. The summed E-state index contributed by atoms with van der Waals surface area (Å²) in [6.07, 6.45) is 3.62. The smallest absolute Gasteiger partial charge is 0.250 e. The van der Waals surface area contributed by atoms with Crippen LogP contribution in [0.5, 0.6) is 0 Å². The Labute approximate surface area is 108 Å². The van der Waals surface area contributed by atoms with E-state index in [2.05, 4.69) is 11.8 Å². The number of benzene rings is 1. The molecule has 98 valence electrons. The Morgan fingerprint density at radius 3 is 2.94 bits per heavy atom. The lowest BCUT2D eigenvalue weighted by molar-refractivity contribution is 0.100. The highest BCUT2D eigenvalue weighted by atomic mass is 16.1. The molecule has 18 heavy (non-hydrogen) atoms. The van der Waals surface area contributed by atoms with Gasteiger partial charge in [0.2, 0.25) is 0 Å². The molecule has 4 nitrogen and oxygen atoms in total. The van der Waals surface area contributed by atoms with Crippen LogP contribution >= 0.6 is 0 Å². The number of rotatable bonds is 3. The van der Waals surface area contributed by atoms with Gasteiger partial charge in [-0.3, -0.25) is 4.79 Å². The number of nitrogens with zero attached hydrogens (tertiary/aromatic N) is 1. The van der Waals surface area contributed by atoms with Gasteiger partial charge >= 0.3 is 0 Å². The fourth-order valence-corrected chi connectivity index (χ4v) is 2.64. The van der Waals surface area contributed by atoms with Gasteiger partial charge in [0, 0.05) is 24.5 Å². The third kappa shape index (κ3) is 2.58. The number of hydrogen-bond acceptors (Lipinski definition) is 3. The van der Waals surface area contributed by atoms with Crippen molar-refractivity contribution in [3.8, 4) is 0 Å². The van der Waals surface area contributed by atoms with Gasteiger partial charge in [0.1, 0.15) is 0 Å².